The molecule has 0 aliphatic carbocycles. The molecule has 2 atom stereocenters. The number of quaternary nitrogens is 1. The van der Waals surface area contributed by atoms with Gasteiger partial charge < -0.3 is 19.1 Å². The van der Waals surface area contributed by atoms with E-state index < -0.39 is 0 Å². The number of nitrogens with one attached hydrogen (secondary N) is 1. The Balaban J connectivity index is 1.99. The third-order valence-electron chi connectivity index (χ3n) is 4.14. The molecule has 0 saturated carbocycles. The molecule has 2 unspecified atom stereocenters. The summed E-state index contributed by atoms with van der Waals surface area (Å²) in [5.41, 5.74) is 1.19. The summed E-state index contributed by atoms with van der Waals surface area (Å²) in [6.45, 7) is 5.13. The van der Waals surface area contributed by atoms with E-state index in [0.29, 0.717) is 6.61 Å². The van der Waals surface area contributed by atoms with E-state index in [4.69, 9.17) is 14.2 Å². The zero-order valence-electron chi connectivity index (χ0n) is 13.7. The Bertz CT molecular complexity index is 503. The van der Waals surface area contributed by atoms with Gasteiger partial charge in [-0.3, -0.25) is 4.79 Å². The summed E-state index contributed by atoms with van der Waals surface area (Å²) >= 11 is 0. The fraction of sp³-hybridized carbons (Fsp3) is 0.588. The van der Waals surface area contributed by atoms with Crippen LogP contribution in [0.4, 0.5) is 0 Å². The highest BCUT2D eigenvalue weighted by Gasteiger charge is 2.29. The Morgan fingerprint density at radius 2 is 2.05 bits per heavy atom. The quantitative estimate of drug-likeness (QED) is 0.799. The number of hydrogen-bond donors (Lipinski definition) is 1. The van der Waals surface area contributed by atoms with Gasteiger partial charge in [-0.15, -0.1) is 0 Å². The number of hydrogen-bond acceptors (Lipinski definition) is 4. The van der Waals surface area contributed by atoms with Gasteiger partial charge in [0.15, 0.2) is 11.5 Å². The maximum absolute atomic E-state index is 11.9. The largest absolute Gasteiger partial charge is 0.493 e. The van der Waals surface area contributed by atoms with Crippen LogP contribution >= 0.6 is 0 Å². The molecule has 122 valence electrons. The van der Waals surface area contributed by atoms with Gasteiger partial charge >= 0.3 is 5.97 Å². The summed E-state index contributed by atoms with van der Waals surface area (Å²) in [6, 6.07) is 6.00. The van der Waals surface area contributed by atoms with Gasteiger partial charge in [-0.25, -0.2) is 0 Å². The van der Waals surface area contributed by atoms with Crippen molar-refractivity contribution >= 4 is 5.97 Å². The standard InChI is InChI=1S/C17H25NO4/c1-4-22-17(19)14-6-5-9-18(12-14)11-13-7-8-15(20-2)16(10-13)21-3/h7-8,10,14H,4-6,9,11-12H2,1-3H3/p+1. The molecule has 0 spiro atoms. The molecule has 1 heterocycles. The number of benzene rings is 1. The van der Waals surface area contributed by atoms with Gasteiger partial charge in [0.1, 0.15) is 12.5 Å². The zero-order chi connectivity index (χ0) is 15.9. The molecule has 1 fully saturated rings. The second kappa shape index (κ2) is 8.03. The molecule has 22 heavy (non-hydrogen) atoms. The van der Waals surface area contributed by atoms with Crippen LogP contribution in [0.3, 0.4) is 0 Å². The molecule has 5 nitrogen and oxygen atoms in total. The van der Waals surface area contributed by atoms with Crippen molar-refractivity contribution in [3.05, 3.63) is 23.8 Å². The normalized spacial score (nSPS) is 21.2. The number of ether oxygens (including phenoxy) is 3. The molecule has 5 heteroatoms. The smallest absolute Gasteiger partial charge is 0.314 e. The van der Waals surface area contributed by atoms with Gasteiger partial charge in [-0.05, 0) is 38.0 Å². The van der Waals surface area contributed by atoms with Gasteiger partial charge in [0.2, 0.25) is 0 Å². The van der Waals surface area contributed by atoms with Crippen molar-refractivity contribution in [3.8, 4) is 11.5 Å². The van der Waals surface area contributed by atoms with E-state index in [0.717, 1.165) is 44.0 Å². The van der Waals surface area contributed by atoms with Crippen LogP contribution in [-0.2, 0) is 16.1 Å². The van der Waals surface area contributed by atoms with E-state index in [9.17, 15) is 4.79 Å². The van der Waals surface area contributed by atoms with Gasteiger partial charge in [0.25, 0.3) is 0 Å². The molecule has 1 aliphatic rings. The second-order valence-electron chi connectivity index (χ2n) is 5.66. The number of carbonyl (C=O) groups is 1. The molecule has 1 saturated heterocycles. The van der Waals surface area contributed by atoms with Crippen molar-refractivity contribution in [1.29, 1.82) is 0 Å². The molecule has 0 aromatic heterocycles. The van der Waals surface area contributed by atoms with Crippen molar-refractivity contribution in [2.45, 2.75) is 26.3 Å². The van der Waals surface area contributed by atoms with E-state index in [1.807, 2.05) is 19.1 Å². The van der Waals surface area contributed by atoms with Crippen molar-refractivity contribution < 1.29 is 23.9 Å². The number of esters is 1. The highest BCUT2D eigenvalue weighted by atomic mass is 16.5. The summed E-state index contributed by atoms with van der Waals surface area (Å²) in [6.07, 6.45) is 2.00. The highest BCUT2D eigenvalue weighted by molar-refractivity contribution is 5.72. The number of piperidine rings is 1. The molecular weight excluding hydrogens is 282 g/mol. The average Bonchev–Trinajstić information content (AvgIpc) is 2.55. The highest BCUT2D eigenvalue weighted by Crippen LogP contribution is 2.27. The summed E-state index contributed by atoms with van der Waals surface area (Å²) in [4.78, 5) is 13.3. The van der Waals surface area contributed by atoms with Gasteiger partial charge in [-0.1, -0.05) is 0 Å². The van der Waals surface area contributed by atoms with Crippen molar-refractivity contribution in [2.75, 3.05) is 33.9 Å². The fourth-order valence-electron chi connectivity index (χ4n) is 3.05. The lowest BCUT2D eigenvalue weighted by atomic mass is 9.97. The van der Waals surface area contributed by atoms with Crippen LogP contribution in [-0.4, -0.2) is 39.9 Å². The van der Waals surface area contributed by atoms with Crippen LogP contribution in [0.25, 0.3) is 0 Å². The van der Waals surface area contributed by atoms with E-state index in [1.165, 1.54) is 10.5 Å². The third kappa shape index (κ3) is 4.13. The zero-order valence-corrected chi connectivity index (χ0v) is 13.7. The average molecular weight is 308 g/mol. The van der Waals surface area contributed by atoms with Crippen LogP contribution < -0.4 is 14.4 Å². The minimum atomic E-state index is -0.0491. The number of rotatable bonds is 6. The molecule has 0 amide bonds. The number of likely N-dealkylation sites (tertiary alicyclic amines) is 1. The Morgan fingerprint density at radius 1 is 1.27 bits per heavy atom. The lowest BCUT2D eigenvalue weighted by Gasteiger charge is -2.28. The molecular formula is C17H26NO4+. The van der Waals surface area contributed by atoms with Crippen molar-refractivity contribution in [1.82, 2.24) is 0 Å². The summed E-state index contributed by atoms with van der Waals surface area (Å²) in [5.74, 6) is 1.47. The first-order valence-corrected chi connectivity index (χ1v) is 7.89. The minimum absolute atomic E-state index is 0.0313. The third-order valence-corrected chi connectivity index (χ3v) is 4.14. The van der Waals surface area contributed by atoms with Crippen molar-refractivity contribution in [2.24, 2.45) is 5.92 Å². The summed E-state index contributed by atoms with van der Waals surface area (Å²) in [5, 5.41) is 0. The Kier molecular flexibility index (Phi) is 6.07. The summed E-state index contributed by atoms with van der Waals surface area (Å²) in [7, 11) is 3.28. The topological polar surface area (TPSA) is 49.2 Å². The molecule has 1 N–H and O–H groups in total. The predicted octanol–water partition coefficient (Wildman–Crippen LogP) is 1.06. The van der Waals surface area contributed by atoms with Crippen molar-refractivity contribution in [3.63, 3.8) is 0 Å². The van der Waals surface area contributed by atoms with Gasteiger partial charge in [-0.2, -0.15) is 0 Å². The van der Waals surface area contributed by atoms with E-state index in [-0.39, 0.29) is 11.9 Å². The molecule has 0 radical (unpaired) electrons. The van der Waals surface area contributed by atoms with Crippen LogP contribution in [0.2, 0.25) is 0 Å². The maximum Gasteiger partial charge on any atom is 0.314 e. The minimum Gasteiger partial charge on any atom is -0.493 e. The van der Waals surface area contributed by atoms with E-state index in [1.54, 1.807) is 14.2 Å². The Morgan fingerprint density at radius 3 is 2.73 bits per heavy atom. The SMILES string of the molecule is CCOC(=O)C1CCC[NH+](Cc2ccc(OC)c(OC)c2)C1. The molecule has 1 aliphatic heterocycles. The Hall–Kier alpha value is -1.75. The van der Waals surface area contributed by atoms with E-state index in [2.05, 4.69) is 6.07 Å². The second-order valence-corrected chi connectivity index (χ2v) is 5.66. The van der Waals surface area contributed by atoms with Crippen LogP contribution in [0.15, 0.2) is 18.2 Å². The van der Waals surface area contributed by atoms with Crippen LogP contribution in [0.5, 0.6) is 11.5 Å². The van der Waals surface area contributed by atoms with Crippen LogP contribution in [0.1, 0.15) is 25.3 Å². The number of carbonyl (C=O) groups excluding carboxylic acids is 1. The fourth-order valence-corrected chi connectivity index (χ4v) is 3.05. The molecule has 2 rings (SSSR count). The van der Waals surface area contributed by atoms with Crippen LogP contribution in [0, 0.1) is 5.92 Å². The molecule has 0 bridgehead atoms. The summed E-state index contributed by atoms with van der Waals surface area (Å²) < 4.78 is 15.8. The maximum atomic E-state index is 11.9. The lowest BCUT2D eigenvalue weighted by Crippen LogP contribution is -3.12. The van der Waals surface area contributed by atoms with Gasteiger partial charge in [0.05, 0.1) is 33.9 Å². The Labute approximate surface area is 132 Å². The first-order valence-electron chi connectivity index (χ1n) is 7.89. The number of methoxy groups -OCH3 is 2. The molecule has 1 aromatic rings. The van der Waals surface area contributed by atoms with E-state index >= 15 is 0 Å². The lowest BCUT2D eigenvalue weighted by molar-refractivity contribution is -0.921. The monoisotopic (exact) mass is 308 g/mol. The molecule has 1 aromatic carbocycles. The first kappa shape index (κ1) is 16.6. The van der Waals surface area contributed by atoms with Gasteiger partial charge in [0, 0.05) is 5.56 Å². The first-order chi connectivity index (χ1) is 10.7. The predicted molar refractivity (Wildman–Crippen MR) is 83.3 cm³/mol.